The Kier molecular flexibility index (Phi) is 7.31. The van der Waals surface area contributed by atoms with Crippen LogP contribution in [0.4, 0.5) is 0 Å². The molecule has 0 fully saturated rings. The average Bonchev–Trinajstić information content (AvgIpc) is 4.30. The lowest BCUT2D eigenvalue weighted by atomic mass is 9.98. The summed E-state index contributed by atoms with van der Waals surface area (Å²) in [6, 6.07) is 90.7. The van der Waals surface area contributed by atoms with Crippen LogP contribution in [-0.2, 0) is 0 Å². The van der Waals surface area contributed by atoms with Crippen molar-refractivity contribution < 1.29 is 0 Å². The van der Waals surface area contributed by atoms with Gasteiger partial charge in [-0.05, 0) is 107 Å². The van der Waals surface area contributed by atoms with Crippen molar-refractivity contribution in [3.63, 3.8) is 0 Å². The molecule has 0 saturated heterocycles. The highest BCUT2D eigenvalue weighted by Gasteiger charge is 2.25. The van der Waals surface area contributed by atoms with E-state index in [0.29, 0.717) is 0 Å². The molecule has 0 radical (unpaired) electrons. The van der Waals surface area contributed by atoms with Crippen LogP contribution in [-0.4, -0.2) is 17.9 Å². The van der Waals surface area contributed by atoms with E-state index in [2.05, 4.69) is 261 Å². The Balaban J connectivity index is 0.869. The predicted octanol–water partition coefficient (Wildman–Crippen LogP) is 18.7. The van der Waals surface area contributed by atoms with Crippen molar-refractivity contribution in [2.45, 2.75) is 0 Å². The summed E-state index contributed by atoms with van der Waals surface area (Å²) < 4.78 is 9.95. The molecule has 0 aliphatic carbocycles. The van der Waals surface area contributed by atoms with E-state index >= 15 is 0 Å². The molecule has 4 nitrogen and oxygen atoms in total. The molecule has 12 aromatic carbocycles. The molecule has 0 bridgehead atoms. The third-order valence-corrected chi connectivity index (χ3v) is 16.7. The van der Waals surface area contributed by atoms with E-state index in [1.807, 2.05) is 0 Å². The van der Waals surface area contributed by atoms with E-state index in [0.717, 1.165) is 0 Å². The quantitative estimate of drug-likeness (QED) is 0.167. The first-order chi connectivity index (χ1) is 36.7. The number of rotatable bonds is 4. The van der Waals surface area contributed by atoms with Gasteiger partial charge in [-0.2, -0.15) is 0 Å². The number of aromatic nitrogens is 4. The molecule has 6 aromatic heterocycles. The van der Waals surface area contributed by atoms with Crippen LogP contribution in [0.1, 0.15) is 0 Å². The van der Waals surface area contributed by atoms with Crippen molar-refractivity contribution in [2.24, 2.45) is 0 Å². The Bertz CT molecular complexity index is 5080. The van der Waals surface area contributed by atoms with E-state index in [1.54, 1.807) is 0 Å². The Morgan fingerprint density at radius 1 is 0.203 bits per heavy atom. The zero-order chi connectivity index (χ0) is 47.9. The van der Waals surface area contributed by atoms with Gasteiger partial charge in [-0.25, -0.2) is 0 Å². The van der Waals surface area contributed by atoms with Crippen LogP contribution in [0.3, 0.4) is 0 Å². The van der Waals surface area contributed by atoms with Crippen LogP contribution in [0.2, 0.25) is 0 Å². The van der Waals surface area contributed by atoms with E-state index in [1.165, 1.54) is 164 Å². The molecule has 6 heterocycles. The first-order valence-corrected chi connectivity index (χ1v) is 25.7. The first-order valence-electron chi connectivity index (χ1n) is 25.7. The lowest BCUT2D eigenvalue weighted by molar-refractivity contribution is 1.18. The molecular weight excluding hydrogens is 897 g/mol. The zero-order valence-electron chi connectivity index (χ0n) is 39.9. The standard InChI is InChI=1S/C70H40N4/c1-3-15-45(16-4-1)71-61-29-9-7-19-49(61)57-35-41(31-33-63(57)71)47-21-11-23-51-53-25-13-27-55-59-37-44-40-66-60(38-43(44)39-65(59)73(67(47)51)69(53)55)56-28-14-26-54-52-24-12-22-48(68(52)74(66)70(54)56)42-32-34-64-58(36-42)50-20-8-10-30-62(50)72(64)46-17-5-2-6-18-46/h1-40H. The van der Waals surface area contributed by atoms with E-state index in [-0.39, 0.29) is 0 Å². The average molecular weight is 937 g/mol. The summed E-state index contributed by atoms with van der Waals surface area (Å²) in [5.74, 6) is 0. The number of para-hydroxylation sites is 8. The Hall–Kier alpha value is -9.90. The molecular formula is C70H40N4. The summed E-state index contributed by atoms with van der Waals surface area (Å²) in [6.45, 7) is 0. The fourth-order valence-corrected chi connectivity index (χ4v) is 13.7. The van der Waals surface area contributed by atoms with Gasteiger partial charge in [0, 0.05) is 87.1 Å². The van der Waals surface area contributed by atoms with Gasteiger partial charge in [-0.1, -0.05) is 158 Å². The Morgan fingerprint density at radius 2 is 0.541 bits per heavy atom. The monoisotopic (exact) mass is 936 g/mol. The van der Waals surface area contributed by atoms with Gasteiger partial charge in [-0.3, -0.25) is 0 Å². The minimum atomic E-state index is 1.17. The summed E-state index contributed by atoms with van der Waals surface area (Å²) in [6.07, 6.45) is 0. The summed E-state index contributed by atoms with van der Waals surface area (Å²) in [7, 11) is 0. The molecule has 340 valence electrons. The van der Waals surface area contributed by atoms with Crippen LogP contribution in [0.25, 0.3) is 164 Å². The second-order valence-electron chi connectivity index (χ2n) is 20.4. The second-order valence-corrected chi connectivity index (χ2v) is 20.4. The van der Waals surface area contributed by atoms with Gasteiger partial charge in [0.25, 0.3) is 0 Å². The van der Waals surface area contributed by atoms with Crippen LogP contribution < -0.4 is 0 Å². The lowest BCUT2D eigenvalue weighted by Gasteiger charge is -2.10. The Morgan fingerprint density at radius 3 is 0.986 bits per heavy atom. The van der Waals surface area contributed by atoms with Crippen molar-refractivity contribution in [3.05, 3.63) is 243 Å². The third-order valence-electron chi connectivity index (χ3n) is 16.7. The summed E-state index contributed by atoms with van der Waals surface area (Å²) in [5.41, 5.74) is 19.6. The topological polar surface area (TPSA) is 18.7 Å². The first kappa shape index (κ1) is 38.8. The fourth-order valence-electron chi connectivity index (χ4n) is 13.7. The van der Waals surface area contributed by atoms with Gasteiger partial charge in [0.2, 0.25) is 0 Å². The zero-order valence-corrected chi connectivity index (χ0v) is 39.9. The fraction of sp³-hybridized carbons (Fsp3) is 0. The molecule has 0 unspecified atom stereocenters. The van der Waals surface area contributed by atoms with E-state index in [9.17, 15) is 0 Å². The maximum atomic E-state index is 2.58. The van der Waals surface area contributed by atoms with Gasteiger partial charge in [-0.15, -0.1) is 0 Å². The van der Waals surface area contributed by atoms with Gasteiger partial charge >= 0.3 is 0 Å². The van der Waals surface area contributed by atoms with Crippen LogP contribution in [0.5, 0.6) is 0 Å². The van der Waals surface area contributed by atoms with Crippen molar-refractivity contribution in [2.75, 3.05) is 0 Å². The smallest absolute Gasteiger partial charge is 0.0620 e. The van der Waals surface area contributed by atoms with E-state index in [4.69, 9.17) is 0 Å². The van der Waals surface area contributed by atoms with Gasteiger partial charge in [0.05, 0.1) is 55.2 Å². The van der Waals surface area contributed by atoms with Crippen molar-refractivity contribution >= 4 is 131 Å². The normalized spacial score (nSPS) is 12.6. The van der Waals surface area contributed by atoms with E-state index < -0.39 is 0 Å². The number of fused-ring (bicyclic) bond motifs is 19. The number of hydrogen-bond donors (Lipinski definition) is 0. The molecule has 0 atom stereocenters. The maximum Gasteiger partial charge on any atom is 0.0620 e. The minimum Gasteiger partial charge on any atom is -0.309 e. The minimum absolute atomic E-state index is 1.17. The highest BCUT2D eigenvalue weighted by molar-refractivity contribution is 6.29. The molecule has 18 rings (SSSR count). The molecule has 0 amide bonds. The molecule has 18 aromatic rings. The summed E-state index contributed by atoms with van der Waals surface area (Å²) in [4.78, 5) is 0. The number of benzene rings is 12. The number of nitrogens with zero attached hydrogens (tertiary/aromatic N) is 4. The third kappa shape index (κ3) is 4.87. The van der Waals surface area contributed by atoms with Gasteiger partial charge < -0.3 is 17.9 Å². The van der Waals surface area contributed by atoms with Gasteiger partial charge in [0.1, 0.15) is 0 Å². The molecule has 0 N–H and O–H groups in total. The maximum absolute atomic E-state index is 2.58. The highest BCUT2D eigenvalue weighted by Crippen LogP contribution is 2.48. The van der Waals surface area contributed by atoms with Crippen molar-refractivity contribution in [3.8, 4) is 33.6 Å². The van der Waals surface area contributed by atoms with Crippen molar-refractivity contribution in [1.82, 2.24) is 17.9 Å². The van der Waals surface area contributed by atoms with Crippen LogP contribution >= 0.6 is 0 Å². The van der Waals surface area contributed by atoms with Crippen LogP contribution in [0, 0.1) is 0 Å². The highest BCUT2D eigenvalue weighted by atomic mass is 15.0. The van der Waals surface area contributed by atoms with Gasteiger partial charge in [0.15, 0.2) is 0 Å². The molecule has 74 heavy (non-hydrogen) atoms. The molecule has 0 saturated carbocycles. The van der Waals surface area contributed by atoms with Crippen molar-refractivity contribution in [1.29, 1.82) is 0 Å². The summed E-state index contributed by atoms with van der Waals surface area (Å²) in [5, 5.41) is 17.8. The lowest BCUT2D eigenvalue weighted by Crippen LogP contribution is -1.93. The molecule has 0 aliphatic heterocycles. The molecule has 0 spiro atoms. The molecule has 0 aliphatic rings. The van der Waals surface area contributed by atoms with Crippen LogP contribution in [0.15, 0.2) is 243 Å². The largest absolute Gasteiger partial charge is 0.309 e. The second kappa shape index (κ2) is 13.9. The predicted molar refractivity (Wildman–Crippen MR) is 313 cm³/mol. The molecule has 4 heteroatoms. The number of hydrogen-bond acceptors (Lipinski definition) is 0. The Labute approximate surface area is 422 Å². The SMILES string of the molecule is c1ccc(-n2c3ccccc3c3cc(-c4cccc5c6cccc7c8cc9cc%10c(cc9cc8n(c45)c76)c4cccc5c6cccc(-c7ccc8c(c7)c7ccccc7n8-c7ccccc7)c6n%10c45)ccc32)cc1. The summed E-state index contributed by atoms with van der Waals surface area (Å²) >= 11 is 0.